The highest BCUT2D eigenvalue weighted by Crippen LogP contribution is 2.25. The van der Waals surface area contributed by atoms with Crippen molar-refractivity contribution in [1.29, 1.82) is 0 Å². The zero-order chi connectivity index (χ0) is 30.4. The fraction of sp³-hybridized carbons (Fsp3) is 0.355. The first kappa shape index (κ1) is 32.4. The molecule has 0 aliphatic heterocycles. The van der Waals surface area contributed by atoms with E-state index < -0.39 is 34.1 Å². The third-order valence-electron chi connectivity index (χ3n) is 6.44. The number of nitrogens with zero attached hydrogens (tertiary/aromatic N) is 2. The van der Waals surface area contributed by atoms with Gasteiger partial charge in [-0.3, -0.25) is 13.9 Å². The van der Waals surface area contributed by atoms with Gasteiger partial charge in [-0.2, -0.15) is 0 Å². The molecule has 7 nitrogen and oxygen atoms in total. The smallest absolute Gasteiger partial charge is 0.244 e. The molecule has 0 unspecified atom stereocenters. The molecule has 0 aliphatic carbocycles. The van der Waals surface area contributed by atoms with Crippen molar-refractivity contribution in [3.63, 3.8) is 0 Å². The van der Waals surface area contributed by atoms with Crippen LogP contribution in [0, 0.1) is 0 Å². The molecule has 0 spiro atoms. The van der Waals surface area contributed by atoms with Crippen molar-refractivity contribution in [3.05, 3.63) is 99.5 Å². The van der Waals surface area contributed by atoms with Crippen molar-refractivity contribution < 1.29 is 18.0 Å². The van der Waals surface area contributed by atoms with Crippen LogP contribution < -0.4 is 9.62 Å². The van der Waals surface area contributed by atoms with E-state index in [1.54, 1.807) is 30.3 Å². The predicted octanol–water partition coefficient (Wildman–Crippen LogP) is 5.88. The van der Waals surface area contributed by atoms with Crippen LogP contribution in [0.4, 0.5) is 5.69 Å². The van der Waals surface area contributed by atoms with Gasteiger partial charge in [0.1, 0.15) is 12.6 Å². The van der Waals surface area contributed by atoms with Crippen molar-refractivity contribution >= 4 is 50.7 Å². The summed E-state index contributed by atoms with van der Waals surface area (Å²) in [5, 5.41) is 3.76. The summed E-state index contributed by atoms with van der Waals surface area (Å²) in [6.45, 7) is 7.05. The fourth-order valence-corrected chi connectivity index (χ4v) is 5.67. The van der Waals surface area contributed by atoms with Gasteiger partial charge in [0.2, 0.25) is 21.8 Å². The van der Waals surface area contributed by atoms with E-state index in [-0.39, 0.29) is 18.9 Å². The molecule has 1 atom stereocenters. The first-order valence-corrected chi connectivity index (χ1v) is 15.9. The molecule has 0 bridgehead atoms. The number of sulfonamides is 1. The molecule has 0 saturated heterocycles. The number of amides is 2. The number of carbonyl (C=O) groups excluding carboxylic acids is 2. The molecule has 1 N–H and O–H groups in total. The second-order valence-corrected chi connectivity index (χ2v) is 13.7. The lowest BCUT2D eigenvalue weighted by Gasteiger charge is -2.35. The Kier molecular flexibility index (Phi) is 10.9. The summed E-state index contributed by atoms with van der Waals surface area (Å²) in [7, 11) is -3.84. The van der Waals surface area contributed by atoms with E-state index in [1.165, 1.54) is 4.90 Å². The van der Waals surface area contributed by atoms with Gasteiger partial charge in [-0.25, -0.2) is 8.42 Å². The highest BCUT2D eigenvalue weighted by molar-refractivity contribution is 7.92. The summed E-state index contributed by atoms with van der Waals surface area (Å²) in [6.07, 6.45) is 2.06. The molecule has 3 rings (SSSR count). The Bertz CT molecular complexity index is 1460. The van der Waals surface area contributed by atoms with E-state index in [4.69, 9.17) is 23.2 Å². The number of aryl methyl sites for hydroxylation is 1. The molecule has 3 aromatic rings. The Labute approximate surface area is 253 Å². The van der Waals surface area contributed by atoms with Gasteiger partial charge in [0.05, 0.1) is 11.9 Å². The maximum atomic E-state index is 14.2. The van der Waals surface area contributed by atoms with E-state index in [0.29, 0.717) is 21.3 Å². The van der Waals surface area contributed by atoms with Crippen LogP contribution in [0.5, 0.6) is 0 Å². The van der Waals surface area contributed by atoms with Gasteiger partial charge in [-0.15, -0.1) is 0 Å². The molecular formula is C31H37Cl2N3O4S. The Morgan fingerprint density at radius 2 is 1.56 bits per heavy atom. The quantitative estimate of drug-likeness (QED) is 0.291. The lowest BCUT2D eigenvalue weighted by molar-refractivity contribution is -0.140. The van der Waals surface area contributed by atoms with Gasteiger partial charge in [-0.05, 0) is 68.1 Å². The highest BCUT2D eigenvalue weighted by Gasteiger charge is 2.34. The van der Waals surface area contributed by atoms with E-state index in [0.717, 1.165) is 28.1 Å². The Hall–Kier alpha value is -3.07. The van der Waals surface area contributed by atoms with Gasteiger partial charge in [0, 0.05) is 28.5 Å². The topological polar surface area (TPSA) is 86.8 Å². The molecule has 0 radical (unpaired) electrons. The molecule has 10 heteroatoms. The van der Waals surface area contributed by atoms with Gasteiger partial charge in [0.15, 0.2) is 0 Å². The Morgan fingerprint density at radius 1 is 0.927 bits per heavy atom. The van der Waals surface area contributed by atoms with Crippen molar-refractivity contribution in [2.75, 3.05) is 17.1 Å². The molecule has 0 fully saturated rings. The first-order chi connectivity index (χ1) is 19.2. The third-order valence-corrected chi connectivity index (χ3v) is 8.16. The van der Waals surface area contributed by atoms with Gasteiger partial charge < -0.3 is 10.2 Å². The normalized spacial score (nSPS) is 12.5. The highest BCUT2D eigenvalue weighted by atomic mass is 35.5. The van der Waals surface area contributed by atoms with Crippen LogP contribution in [0.2, 0.25) is 10.0 Å². The average molecular weight is 619 g/mol. The minimum atomic E-state index is -3.84. The molecule has 0 heterocycles. The van der Waals surface area contributed by atoms with Crippen LogP contribution in [0.15, 0.2) is 72.8 Å². The summed E-state index contributed by atoms with van der Waals surface area (Å²) in [4.78, 5) is 29.3. The number of hydrogen-bond acceptors (Lipinski definition) is 4. The predicted molar refractivity (Wildman–Crippen MR) is 167 cm³/mol. The van der Waals surface area contributed by atoms with Crippen LogP contribution >= 0.6 is 23.2 Å². The molecule has 0 aliphatic rings. The molecule has 2 amide bonds. The minimum absolute atomic E-state index is 0.0315. The second kappa shape index (κ2) is 13.7. The SMILES string of the molecule is CCc1ccc(N(CC(=O)N(Cc2ccc(Cl)cc2Cl)[C@H](Cc2ccccc2)C(=O)NC(C)(C)C)S(C)(=O)=O)cc1. The summed E-state index contributed by atoms with van der Waals surface area (Å²) in [6, 6.07) is 20.4. The van der Waals surface area contributed by atoms with Crippen molar-refractivity contribution in [2.24, 2.45) is 0 Å². The number of carbonyl (C=O) groups is 2. The first-order valence-electron chi connectivity index (χ1n) is 13.3. The molecule has 0 saturated carbocycles. The standard InChI is InChI=1S/C31H37Cl2N3O4S/c1-6-22-12-16-26(17-13-22)36(41(5,39)40)21-29(37)35(20-24-14-15-25(32)19-27(24)33)28(30(38)34-31(2,3)4)18-23-10-8-7-9-11-23/h7-17,19,28H,6,18,20-21H2,1-5H3,(H,34,38)/t28-/m1/s1. The summed E-state index contributed by atoms with van der Waals surface area (Å²) >= 11 is 12.6. The van der Waals surface area contributed by atoms with Crippen LogP contribution in [0.1, 0.15) is 44.4 Å². The maximum absolute atomic E-state index is 14.2. The van der Waals surface area contributed by atoms with Crippen molar-refractivity contribution in [1.82, 2.24) is 10.2 Å². The third kappa shape index (κ3) is 9.48. The van der Waals surface area contributed by atoms with E-state index >= 15 is 0 Å². The second-order valence-electron chi connectivity index (χ2n) is 11.0. The number of anilines is 1. The summed E-state index contributed by atoms with van der Waals surface area (Å²) < 4.78 is 26.9. The van der Waals surface area contributed by atoms with E-state index in [2.05, 4.69) is 5.32 Å². The van der Waals surface area contributed by atoms with Gasteiger partial charge >= 0.3 is 0 Å². The Morgan fingerprint density at radius 3 is 2.10 bits per heavy atom. The number of nitrogens with one attached hydrogen (secondary N) is 1. The number of hydrogen-bond donors (Lipinski definition) is 1. The van der Waals surface area contributed by atoms with Crippen LogP contribution in [0.25, 0.3) is 0 Å². The van der Waals surface area contributed by atoms with Crippen LogP contribution in [-0.4, -0.2) is 49.5 Å². The lowest BCUT2D eigenvalue weighted by atomic mass is 10.0. The summed E-state index contributed by atoms with van der Waals surface area (Å²) in [5.74, 6) is -0.913. The van der Waals surface area contributed by atoms with Crippen LogP contribution in [0.3, 0.4) is 0 Å². The molecule has 41 heavy (non-hydrogen) atoms. The van der Waals surface area contributed by atoms with E-state index in [9.17, 15) is 18.0 Å². The number of rotatable bonds is 11. The largest absolute Gasteiger partial charge is 0.350 e. The van der Waals surface area contributed by atoms with Crippen LogP contribution in [-0.2, 0) is 39.0 Å². The van der Waals surface area contributed by atoms with E-state index in [1.807, 2.05) is 70.2 Å². The zero-order valence-corrected chi connectivity index (χ0v) is 26.4. The van der Waals surface area contributed by atoms with Gasteiger partial charge in [0.25, 0.3) is 0 Å². The van der Waals surface area contributed by atoms with Gasteiger partial charge in [-0.1, -0.05) is 78.7 Å². The number of benzene rings is 3. The summed E-state index contributed by atoms with van der Waals surface area (Å²) in [5.41, 5.74) is 2.25. The fourth-order valence-electron chi connectivity index (χ4n) is 4.35. The maximum Gasteiger partial charge on any atom is 0.244 e. The zero-order valence-electron chi connectivity index (χ0n) is 24.0. The molecule has 3 aromatic carbocycles. The Balaban J connectivity index is 2.09. The molecule has 220 valence electrons. The minimum Gasteiger partial charge on any atom is -0.350 e. The molecular weight excluding hydrogens is 581 g/mol. The monoisotopic (exact) mass is 617 g/mol. The molecule has 0 aromatic heterocycles. The number of halogens is 2. The average Bonchev–Trinajstić information content (AvgIpc) is 2.89. The lowest BCUT2D eigenvalue weighted by Crippen LogP contribution is -2.56. The van der Waals surface area contributed by atoms with Crippen molar-refractivity contribution in [3.8, 4) is 0 Å². The van der Waals surface area contributed by atoms with Crippen molar-refractivity contribution in [2.45, 2.75) is 58.7 Å².